The molecule has 0 amide bonds. The summed E-state index contributed by atoms with van der Waals surface area (Å²) >= 11 is 5.80. The summed E-state index contributed by atoms with van der Waals surface area (Å²) in [6.45, 7) is 8.12. The van der Waals surface area contributed by atoms with Gasteiger partial charge < -0.3 is 14.5 Å². The lowest BCUT2D eigenvalue weighted by atomic mass is 10.2. The number of oxime groups is 1. The lowest BCUT2D eigenvalue weighted by Crippen LogP contribution is -2.47. The summed E-state index contributed by atoms with van der Waals surface area (Å²) in [5.74, 6) is 1.77. The molecule has 3 rings (SSSR count). The molecule has 0 saturated carbocycles. The van der Waals surface area contributed by atoms with E-state index in [1.165, 1.54) is 0 Å². The van der Waals surface area contributed by atoms with Gasteiger partial charge in [-0.3, -0.25) is 4.90 Å². The fourth-order valence-corrected chi connectivity index (χ4v) is 3.08. The molecule has 1 saturated heterocycles. The summed E-state index contributed by atoms with van der Waals surface area (Å²) in [4.78, 5) is 9.66. The van der Waals surface area contributed by atoms with Crippen molar-refractivity contribution in [3.63, 3.8) is 0 Å². The maximum Gasteiger partial charge on any atom is 0.151 e. The van der Waals surface area contributed by atoms with Crippen molar-refractivity contribution in [3.05, 3.63) is 47.1 Å². The van der Waals surface area contributed by atoms with Crippen molar-refractivity contribution in [2.45, 2.75) is 13.3 Å². The number of nitrogens with zero attached hydrogens (tertiary/aromatic N) is 5. The van der Waals surface area contributed by atoms with Crippen LogP contribution in [0.15, 0.2) is 41.6 Å². The van der Waals surface area contributed by atoms with Gasteiger partial charge in [0.1, 0.15) is 12.4 Å². The normalized spacial score (nSPS) is 15.1. The Kier molecular flexibility index (Phi) is 7.87. The topological polar surface area (TPSA) is 63.1 Å². The molecule has 0 bridgehead atoms. The van der Waals surface area contributed by atoms with E-state index in [-0.39, 0.29) is 0 Å². The largest absolute Gasteiger partial charge is 0.494 e. The summed E-state index contributed by atoms with van der Waals surface area (Å²) in [7, 11) is 0. The molecule has 1 fully saturated rings. The molecule has 0 N–H and O–H groups in total. The Balaban J connectivity index is 1.32. The molecule has 0 radical (unpaired) electrons. The van der Waals surface area contributed by atoms with Crippen molar-refractivity contribution in [3.8, 4) is 5.75 Å². The van der Waals surface area contributed by atoms with Crippen LogP contribution in [-0.4, -0.2) is 67.2 Å². The highest BCUT2D eigenvalue weighted by atomic mass is 35.5. The molecule has 2 aromatic rings. The summed E-state index contributed by atoms with van der Waals surface area (Å²) in [6, 6.07) is 11.6. The molecule has 0 unspecified atom stereocenters. The van der Waals surface area contributed by atoms with Gasteiger partial charge in [0, 0.05) is 32.7 Å². The zero-order valence-corrected chi connectivity index (χ0v) is 16.9. The van der Waals surface area contributed by atoms with Gasteiger partial charge in [-0.1, -0.05) is 16.8 Å². The SMILES string of the molecule is CCO/N=C/c1ccc(OCCCN2CCN(c3ccc(Cl)nn3)CC2)cc1. The Morgan fingerprint density at radius 2 is 1.86 bits per heavy atom. The molecule has 1 aliphatic rings. The van der Waals surface area contributed by atoms with E-state index in [9.17, 15) is 0 Å². The highest BCUT2D eigenvalue weighted by Crippen LogP contribution is 2.15. The van der Waals surface area contributed by atoms with Gasteiger partial charge in [0.05, 0.1) is 12.8 Å². The Bertz CT molecular complexity index is 731. The first kappa shape index (κ1) is 20.4. The molecule has 0 spiro atoms. The van der Waals surface area contributed by atoms with E-state index in [1.54, 1.807) is 12.3 Å². The average Bonchev–Trinajstić information content (AvgIpc) is 2.73. The van der Waals surface area contributed by atoms with E-state index in [1.807, 2.05) is 37.3 Å². The van der Waals surface area contributed by atoms with Gasteiger partial charge in [0.15, 0.2) is 11.0 Å². The van der Waals surface area contributed by atoms with Crippen LogP contribution in [0.25, 0.3) is 0 Å². The van der Waals surface area contributed by atoms with E-state index < -0.39 is 0 Å². The van der Waals surface area contributed by atoms with Crippen LogP contribution in [0, 0.1) is 0 Å². The summed E-state index contributed by atoms with van der Waals surface area (Å²) < 4.78 is 5.84. The number of benzene rings is 1. The van der Waals surface area contributed by atoms with E-state index in [0.29, 0.717) is 18.4 Å². The van der Waals surface area contributed by atoms with Crippen molar-refractivity contribution in [1.82, 2.24) is 15.1 Å². The van der Waals surface area contributed by atoms with Crippen molar-refractivity contribution >= 4 is 23.6 Å². The number of ether oxygens (including phenoxy) is 1. The second-order valence-corrected chi connectivity index (χ2v) is 6.85. The van der Waals surface area contributed by atoms with Crippen molar-refractivity contribution < 1.29 is 9.57 Å². The molecule has 7 nitrogen and oxygen atoms in total. The lowest BCUT2D eigenvalue weighted by molar-refractivity contribution is 0.160. The minimum Gasteiger partial charge on any atom is -0.494 e. The standard InChI is InChI=1S/C20H26ClN5O2/c1-2-28-22-16-17-4-6-18(7-5-17)27-15-3-10-25-11-13-26(14-12-25)20-9-8-19(21)23-24-20/h4-9,16H,2-3,10-15H2,1H3/b22-16+. The minimum absolute atomic E-state index is 0.427. The van der Waals surface area contributed by atoms with E-state index in [0.717, 1.165) is 56.3 Å². The van der Waals surface area contributed by atoms with Crippen LogP contribution in [-0.2, 0) is 4.84 Å². The van der Waals surface area contributed by atoms with Crippen LogP contribution in [0.3, 0.4) is 0 Å². The molecule has 1 aromatic heterocycles. The molecular formula is C20H26ClN5O2. The van der Waals surface area contributed by atoms with Crippen LogP contribution in [0.4, 0.5) is 5.82 Å². The Labute approximate surface area is 170 Å². The first-order valence-corrected chi connectivity index (χ1v) is 9.97. The minimum atomic E-state index is 0.427. The summed E-state index contributed by atoms with van der Waals surface area (Å²) in [6.07, 6.45) is 2.69. The quantitative estimate of drug-likeness (QED) is 0.364. The molecule has 28 heavy (non-hydrogen) atoms. The number of rotatable bonds is 9. The third-order valence-corrected chi connectivity index (χ3v) is 4.69. The maximum atomic E-state index is 5.84. The van der Waals surface area contributed by atoms with Gasteiger partial charge in [-0.05, 0) is 55.3 Å². The molecule has 1 aromatic carbocycles. The van der Waals surface area contributed by atoms with E-state index >= 15 is 0 Å². The molecule has 2 heterocycles. The molecule has 0 atom stereocenters. The van der Waals surface area contributed by atoms with Crippen molar-refractivity contribution in [2.24, 2.45) is 5.16 Å². The summed E-state index contributed by atoms with van der Waals surface area (Å²) in [5, 5.41) is 12.4. The van der Waals surface area contributed by atoms with Gasteiger partial charge in [0.25, 0.3) is 0 Å². The first-order chi connectivity index (χ1) is 13.7. The second kappa shape index (κ2) is 10.8. The van der Waals surface area contributed by atoms with Gasteiger partial charge in [-0.15, -0.1) is 10.2 Å². The summed E-state index contributed by atoms with van der Waals surface area (Å²) in [5.41, 5.74) is 0.990. The Morgan fingerprint density at radius 1 is 1.07 bits per heavy atom. The third-order valence-electron chi connectivity index (χ3n) is 4.49. The van der Waals surface area contributed by atoms with Crippen LogP contribution in [0.2, 0.25) is 5.15 Å². The maximum absolute atomic E-state index is 5.84. The van der Waals surface area contributed by atoms with Crippen LogP contribution < -0.4 is 9.64 Å². The molecule has 150 valence electrons. The molecule has 1 aliphatic heterocycles. The smallest absolute Gasteiger partial charge is 0.151 e. The number of hydrogen-bond donors (Lipinski definition) is 0. The van der Waals surface area contributed by atoms with Gasteiger partial charge >= 0.3 is 0 Å². The van der Waals surface area contributed by atoms with E-state index in [4.69, 9.17) is 21.2 Å². The predicted molar refractivity (Wildman–Crippen MR) is 111 cm³/mol. The number of piperazine rings is 1. The van der Waals surface area contributed by atoms with Crippen LogP contribution in [0.1, 0.15) is 18.9 Å². The number of aromatic nitrogens is 2. The molecule has 0 aliphatic carbocycles. The Morgan fingerprint density at radius 3 is 2.54 bits per heavy atom. The fourth-order valence-electron chi connectivity index (χ4n) is 2.98. The van der Waals surface area contributed by atoms with Crippen molar-refractivity contribution in [2.75, 3.05) is 50.8 Å². The van der Waals surface area contributed by atoms with Crippen molar-refractivity contribution in [1.29, 1.82) is 0 Å². The molecular weight excluding hydrogens is 378 g/mol. The van der Waals surface area contributed by atoms with E-state index in [2.05, 4.69) is 25.2 Å². The third kappa shape index (κ3) is 6.35. The van der Waals surface area contributed by atoms with Crippen LogP contribution >= 0.6 is 11.6 Å². The number of halogens is 1. The lowest BCUT2D eigenvalue weighted by Gasteiger charge is -2.35. The zero-order chi connectivity index (χ0) is 19.6. The average molecular weight is 404 g/mol. The first-order valence-electron chi connectivity index (χ1n) is 9.59. The fraction of sp³-hybridized carbons (Fsp3) is 0.450. The Hall–Kier alpha value is -2.38. The highest BCUT2D eigenvalue weighted by molar-refractivity contribution is 6.29. The highest BCUT2D eigenvalue weighted by Gasteiger charge is 2.17. The predicted octanol–water partition coefficient (Wildman–Crippen LogP) is 3.09. The number of hydrogen-bond acceptors (Lipinski definition) is 7. The number of anilines is 1. The van der Waals surface area contributed by atoms with Gasteiger partial charge in [-0.2, -0.15) is 0 Å². The van der Waals surface area contributed by atoms with Gasteiger partial charge in [0.2, 0.25) is 0 Å². The second-order valence-electron chi connectivity index (χ2n) is 6.47. The zero-order valence-electron chi connectivity index (χ0n) is 16.1. The monoisotopic (exact) mass is 403 g/mol. The molecule has 8 heteroatoms. The van der Waals surface area contributed by atoms with Crippen LogP contribution in [0.5, 0.6) is 5.75 Å². The van der Waals surface area contributed by atoms with Gasteiger partial charge in [-0.25, -0.2) is 0 Å².